The number of rotatable bonds is 4. The maximum atomic E-state index is 13.0. The zero-order chi connectivity index (χ0) is 17.9. The fourth-order valence-electron chi connectivity index (χ4n) is 1.80. The van der Waals surface area contributed by atoms with Gasteiger partial charge in [0.15, 0.2) is 10.9 Å². The van der Waals surface area contributed by atoms with Gasteiger partial charge in [-0.25, -0.2) is 4.39 Å². The van der Waals surface area contributed by atoms with E-state index in [-0.39, 0.29) is 38.1 Å². The first-order valence-corrected chi connectivity index (χ1v) is 7.98. The van der Waals surface area contributed by atoms with Gasteiger partial charge < -0.3 is 10.5 Å². The lowest BCUT2D eigenvalue weighted by Crippen LogP contribution is -2.34. The summed E-state index contributed by atoms with van der Waals surface area (Å²) in [6, 6.07) is 6.65. The van der Waals surface area contributed by atoms with Crippen LogP contribution in [0.5, 0.6) is 5.75 Å². The van der Waals surface area contributed by atoms with Crippen molar-refractivity contribution in [1.29, 1.82) is 0 Å². The third-order valence-electron chi connectivity index (χ3n) is 2.88. The summed E-state index contributed by atoms with van der Waals surface area (Å²) < 4.78 is 18.6. The minimum atomic E-state index is -0.542. The van der Waals surface area contributed by atoms with E-state index in [1.165, 1.54) is 30.3 Å². The summed E-state index contributed by atoms with van der Waals surface area (Å²) in [4.78, 5) is 11.8. The highest BCUT2D eigenvalue weighted by Gasteiger charge is 2.15. The molecule has 0 atom stereocenters. The molecule has 0 aliphatic carbocycles. The lowest BCUT2D eigenvalue weighted by Gasteiger charge is -2.12. The molecule has 2 aromatic rings. The zero-order valence-corrected chi connectivity index (χ0v) is 15.0. The van der Waals surface area contributed by atoms with Crippen LogP contribution in [0.4, 0.5) is 4.39 Å². The van der Waals surface area contributed by atoms with Crippen LogP contribution in [0, 0.1) is 5.82 Å². The van der Waals surface area contributed by atoms with E-state index in [9.17, 15) is 9.18 Å². The molecule has 3 N–H and O–H groups in total. The van der Waals surface area contributed by atoms with Gasteiger partial charge in [-0.15, -0.1) is 0 Å². The van der Waals surface area contributed by atoms with E-state index in [2.05, 4.69) is 17.5 Å². The van der Waals surface area contributed by atoms with E-state index >= 15 is 0 Å². The number of ether oxygens (including phenoxy) is 1. The van der Waals surface area contributed by atoms with Crippen molar-refractivity contribution in [2.24, 2.45) is 5.73 Å². The highest BCUT2D eigenvalue weighted by molar-refractivity contribution is 7.80. The van der Waals surface area contributed by atoms with Crippen LogP contribution in [0.1, 0.15) is 15.9 Å². The molecule has 0 bridgehead atoms. The SMILES string of the molecule is NC(=S)NC(=O)c1cc(Cl)c(OCc2ccc(F)cc2Cl)c(Cl)c1. The first-order chi connectivity index (χ1) is 11.3. The lowest BCUT2D eigenvalue weighted by atomic mass is 10.2. The second-order valence-electron chi connectivity index (χ2n) is 4.61. The van der Waals surface area contributed by atoms with Gasteiger partial charge in [-0.2, -0.15) is 0 Å². The van der Waals surface area contributed by atoms with Gasteiger partial charge in [-0.3, -0.25) is 10.1 Å². The van der Waals surface area contributed by atoms with Gasteiger partial charge in [0.05, 0.1) is 15.1 Å². The standard InChI is InChI=1S/C15H10Cl3FN2O2S/c16-10-5-9(19)2-1-7(10)6-23-13-11(17)3-8(4-12(13)18)14(22)21-15(20)24/h1-5H,6H2,(H3,20,21,22,24). The summed E-state index contributed by atoms with van der Waals surface area (Å²) in [5.41, 5.74) is 5.97. The van der Waals surface area contributed by atoms with E-state index in [1.807, 2.05) is 0 Å². The largest absolute Gasteiger partial charge is 0.486 e. The number of hydrogen-bond acceptors (Lipinski definition) is 3. The third kappa shape index (κ3) is 4.70. The van der Waals surface area contributed by atoms with Gasteiger partial charge >= 0.3 is 0 Å². The molecule has 0 spiro atoms. The monoisotopic (exact) mass is 406 g/mol. The molecular weight excluding hydrogens is 398 g/mol. The molecule has 9 heteroatoms. The summed E-state index contributed by atoms with van der Waals surface area (Å²) >= 11 is 22.7. The van der Waals surface area contributed by atoms with E-state index in [0.717, 1.165) is 0 Å². The zero-order valence-electron chi connectivity index (χ0n) is 11.9. The van der Waals surface area contributed by atoms with Crippen molar-refractivity contribution >= 4 is 58.0 Å². The van der Waals surface area contributed by atoms with Crippen LogP contribution >= 0.6 is 47.0 Å². The molecule has 0 aromatic heterocycles. The number of amides is 1. The molecule has 0 radical (unpaired) electrons. The average molecular weight is 408 g/mol. The molecule has 4 nitrogen and oxygen atoms in total. The van der Waals surface area contributed by atoms with Crippen molar-refractivity contribution in [3.05, 3.63) is 62.3 Å². The Hall–Kier alpha value is -1.60. The van der Waals surface area contributed by atoms with Gasteiger partial charge in [0.1, 0.15) is 12.4 Å². The van der Waals surface area contributed by atoms with Crippen molar-refractivity contribution in [3.8, 4) is 5.75 Å². The molecule has 0 aliphatic heterocycles. The number of nitrogens with two attached hydrogens (primary N) is 1. The van der Waals surface area contributed by atoms with Gasteiger partial charge in [-0.1, -0.05) is 40.9 Å². The molecule has 126 valence electrons. The number of nitrogens with one attached hydrogen (secondary N) is 1. The van der Waals surface area contributed by atoms with Crippen LogP contribution in [0.3, 0.4) is 0 Å². The number of hydrogen-bond donors (Lipinski definition) is 2. The molecule has 2 aromatic carbocycles. The van der Waals surface area contributed by atoms with Gasteiger partial charge in [-0.05, 0) is 36.5 Å². The predicted molar refractivity (Wildman–Crippen MR) is 96.5 cm³/mol. The number of carbonyl (C=O) groups excluding carboxylic acids is 1. The molecule has 0 fully saturated rings. The predicted octanol–water partition coefficient (Wildman–Crippen LogP) is 4.34. The lowest BCUT2D eigenvalue weighted by molar-refractivity contribution is 0.0977. The topological polar surface area (TPSA) is 64.3 Å². The Labute approximate surface area is 157 Å². The molecule has 0 saturated heterocycles. The van der Waals surface area contributed by atoms with Crippen LogP contribution in [-0.4, -0.2) is 11.0 Å². The van der Waals surface area contributed by atoms with Crippen LogP contribution in [0.2, 0.25) is 15.1 Å². The van der Waals surface area contributed by atoms with Crippen LogP contribution < -0.4 is 15.8 Å². The Kier molecular flexibility index (Phi) is 6.23. The van der Waals surface area contributed by atoms with Gasteiger partial charge in [0.2, 0.25) is 0 Å². The number of carbonyl (C=O) groups is 1. The van der Waals surface area contributed by atoms with Crippen molar-refractivity contribution < 1.29 is 13.9 Å². The quantitative estimate of drug-likeness (QED) is 0.740. The Morgan fingerprint density at radius 1 is 1.17 bits per heavy atom. The van der Waals surface area contributed by atoms with Gasteiger partial charge in [0, 0.05) is 11.1 Å². The Bertz CT molecular complexity index is 794. The van der Waals surface area contributed by atoms with Crippen molar-refractivity contribution in [1.82, 2.24) is 5.32 Å². The van der Waals surface area contributed by atoms with E-state index in [0.29, 0.717) is 5.56 Å². The average Bonchev–Trinajstić information content (AvgIpc) is 2.47. The Morgan fingerprint density at radius 3 is 2.33 bits per heavy atom. The van der Waals surface area contributed by atoms with Gasteiger partial charge in [0.25, 0.3) is 5.91 Å². The van der Waals surface area contributed by atoms with E-state index in [4.69, 9.17) is 45.3 Å². The summed E-state index contributed by atoms with van der Waals surface area (Å²) in [7, 11) is 0. The van der Waals surface area contributed by atoms with Crippen molar-refractivity contribution in [3.63, 3.8) is 0 Å². The molecule has 0 unspecified atom stereocenters. The molecule has 1 amide bonds. The Morgan fingerprint density at radius 2 is 1.79 bits per heavy atom. The molecular formula is C15H10Cl3FN2O2S. The summed E-state index contributed by atoms with van der Waals surface area (Å²) in [5, 5.41) is 2.55. The van der Waals surface area contributed by atoms with Crippen LogP contribution in [-0.2, 0) is 6.61 Å². The van der Waals surface area contributed by atoms with E-state index < -0.39 is 11.7 Å². The van der Waals surface area contributed by atoms with Crippen LogP contribution in [0.15, 0.2) is 30.3 Å². The van der Waals surface area contributed by atoms with E-state index in [1.54, 1.807) is 0 Å². The molecule has 0 saturated carbocycles. The third-order valence-corrected chi connectivity index (χ3v) is 3.90. The number of thiocarbonyl (C=S) groups is 1. The minimum absolute atomic E-state index is 0.0248. The summed E-state index contributed by atoms with van der Waals surface area (Å²) in [6.07, 6.45) is 0. The number of halogens is 4. The second-order valence-corrected chi connectivity index (χ2v) is 6.27. The fourth-order valence-corrected chi connectivity index (χ4v) is 2.71. The maximum Gasteiger partial charge on any atom is 0.257 e. The fraction of sp³-hybridized carbons (Fsp3) is 0.0667. The van der Waals surface area contributed by atoms with Crippen LogP contribution in [0.25, 0.3) is 0 Å². The molecule has 2 rings (SSSR count). The van der Waals surface area contributed by atoms with Crippen molar-refractivity contribution in [2.45, 2.75) is 6.61 Å². The summed E-state index contributed by atoms with van der Waals surface area (Å²) in [5.74, 6) is -0.821. The molecule has 24 heavy (non-hydrogen) atoms. The first kappa shape index (κ1) is 18.7. The second kappa shape index (κ2) is 7.98. The molecule has 0 aliphatic rings. The Balaban J connectivity index is 2.19. The highest BCUT2D eigenvalue weighted by Crippen LogP contribution is 2.35. The first-order valence-electron chi connectivity index (χ1n) is 6.44. The minimum Gasteiger partial charge on any atom is -0.486 e. The maximum absolute atomic E-state index is 13.0. The molecule has 0 heterocycles. The summed E-state index contributed by atoms with van der Waals surface area (Å²) in [6.45, 7) is 0.0248. The number of benzene rings is 2. The smallest absolute Gasteiger partial charge is 0.257 e. The van der Waals surface area contributed by atoms with Crippen molar-refractivity contribution in [2.75, 3.05) is 0 Å². The highest BCUT2D eigenvalue weighted by atomic mass is 35.5. The normalized spacial score (nSPS) is 10.3.